The monoisotopic (exact) mass is 252 g/mol. The van der Waals surface area contributed by atoms with Gasteiger partial charge in [-0.1, -0.05) is 12.1 Å². The van der Waals surface area contributed by atoms with E-state index >= 15 is 0 Å². The van der Waals surface area contributed by atoms with Crippen LogP contribution in [0.5, 0.6) is 0 Å². The minimum atomic E-state index is 0.0632. The normalized spacial score (nSPS) is 15.1. The fourth-order valence-electron chi connectivity index (χ4n) is 1.71. The van der Waals surface area contributed by atoms with Gasteiger partial charge in [-0.2, -0.15) is 4.98 Å². The fraction of sp³-hybridized carbons (Fsp3) is 0.750. The van der Waals surface area contributed by atoms with Gasteiger partial charge in [0.25, 0.3) is 0 Å². The second-order valence-corrected chi connectivity index (χ2v) is 4.87. The van der Waals surface area contributed by atoms with E-state index in [1.165, 1.54) is 0 Å². The molecular formula is C12H20N4O2. The molecule has 0 radical (unpaired) electrons. The molecule has 1 N–H and O–H groups in total. The molecule has 1 aliphatic rings. The van der Waals surface area contributed by atoms with Gasteiger partial charge in [-0.15, -0.1) is 0 Å². The van der Waals surface area contributed by atoms with E-state index in [0.717, 1.165) is 31.5 Å². The lowest BCUT2D eigenvalue weighted by Crippen LogP contribution is -2.36. The van der Waals surface area contributed by atoms with E-state index in [1.807, 2.05) is 11.9 Å². The van der Waals surface area contributed by atoms with Crippen LogP contribution in [0.15, 0.2) is 4.52 Å². The molecule has 6 nitrogen and oxygen atoms in total. The van der Waals surface area contributed by atoms with E-state index in [4.69, 9.17) is 4.52 Å². The van der Waals surface area contributed by atoms with Gasteiger partial charge in [0.05, 0.1) is 13.1 Å². The molecule has 1 fully saturated rings. The average Bonchev–Trinajstić information content (AvgIpc) is 2.99. The Hall–Kier alpha value is -1.43. The number of amides is 1. The van der Waals surface area contributed by atoms with Gasteiger partial charge >= 0.3 is 0 Å². The zero-order valence-electron chi connectivity index (χ0n) is 11.0. The molecule has 0 saturated heterocycles. The summed E-state index contributed by atoms with van der Waals surface area (Å²) in [6, 6.07) is 0.408. The third-order valence-corrected chi connectivity index (χ3v) is 2.74. The quantitative estimate of drug-likeness (QED) is 0.774. The van der Waals surface area contributed by atoms with Gasteiger partial charge in [0.1, 0.15) is 0 Å². The number of nitrogens with zero attached hydrogens (tertiary/aromatic N) is 3. The van der Waals surface area contributed by atoms with E-state index in [1.54, 1.807) is 0 Å². The molecule has 0 unspecified atom stereocenters. The second-order valence-electron chi connectivity index (χ2n) is 4.87. The van der Waals surface area contributed by atoms with E-state index in [0.29, 0.717) is 25.0 Å². The highest BCUT2D eigenvalue weighted by atomic mass is 16.5. The van der Waals surface area contributed by atoms with Crippen molar-refractivity contribution in [3.05, 3.63) is 11.7 Å². The second kappa shape index (κ2) is 5.95. The number of carbonyl (C=O) groups is 1. The summed E-state index contributed by atoms with van der Waals surface area (Å²) in [5.41, 5.74) is 0. The third-order valence-electron chi connectivity index (χ3n) is 2.74. The average molecular weight is 252 g/mol. The Morgan fingerprint density at radius 3 is 3.00 bits per heavy atom. The van der Waals surface area contributed by atoms with Gasteiger partial charge in [-0.3, -0.25) is 9.69 Å². The molecule has 2 rings (SSSR count). The van der Waals surface area contributed by atoms with Crippen molar-refractivity contribution in [3.63, 3.8) is 0 Å². The van der Waals surface area contributed by atoms with Crippen molar-refractivity contribution in [1.29, 1.82) is 0 Å². The standard InChI is InChI=1S/C12H20N4O2/c1-3-4-10-14-12(18-15-10)8-16(2)7-11(17)13-9-5-6-9/h9H,3-8H2,1-2H3,(H,13,17). The van der Waals surface area contributed by atoms with Crippen molar-refractivity contribution in [1.82, 2.24) is 20.4 Å². The SMILES string of the molecule is CCCc1noc(CN(C)CC(=O)NC2CC2)n1. The number of aromatic nitrogens is 2. The molecule has 1 aliphatic carbocycles. The first-order chi connectivity index (χ1) is 8.67. The third kappa shape index (κ3) is 4.10. The summed E-state index contributed by atoms with van der Waals surface area (Å²) in [7, 11) is 1.87. The minimum Gasteiger partial charge on any atom is -0.352 e. The molecule has 0 bridgehead atoms. The highest BCUT2D eigenvalue weighted by molar-refractivity contribution is 5.78. The minimum absolute atomic E-state index is 0.0632. The van der Waals surface area contributed by atoms with Crippen LogP contribution < -0.4 is 5.32 Å². The number of hydrogen-bond donors (Lipinski definition) is 1. The summed E-state index contributed by atoms with van der Waals surface area (Å²) in [5.74, 6) is 1.37. The Kier molecular flexibility index (Phi) is 4.30. The van der Waals surface area contributed by atoms with E-state index in [2.05, 4.69) is 22.4 Å². The molecule has 1 heterocycles. The molecule has 1 amide bonds. The molecule has 0 spiro atoms. The lowest BCUT2D eigenvalue weighted by Gasteiger charge is -2.13. The molecule has 0 aliphatic heterocycles. The number of rotatable bonds is 7. The van der Waals surface area contributed by atoms with Crippen LogP contribution in [0.1, 0.15) is 37.9 Å². The lowest BCUT2D eigenvalue weighted by molar-refractivity contribution is -0.122. The van der Waals surface area contributed by atoms with Crippen molar-refractivity contribution < 1.29 is 9.32 Å². The molecular weight excluding hydrogens is 232 g/mol. The lowest BCUT2D eigenvalue weighted by atomic mass is 10.3. The van der Waals surface area contributed by atoms with E-state index < -0.39 is 0 Å². The van der Waals surface area contributed by atoms with Crippen LogP contribution in [-0.2, 0) is 17.8 Å². The molecule has 100 valence electrons. The van der Waals surface area contributed by atoms with Gasteiger partial charge in [0.15, 0.2) is 5.82 Å². The largest absolute Gasteiger partial charge is 0.352 e. The summed E-state index contributed by atoms with van der Waals surface area (Å²) >= 11 is 0. The maximum Gasteiger partial charge on any atom is 0.240 e. The van der Waals surface area contributed by atoms with Crippen molar-refractivity contribution >= 4 is 5.91 Å². The predicted molar refractivity (Wildman–Crippen MR) is 65.8 cm³/mol. The van der Waals surface area contributed by atoms with Crippen LogP contribution in [-0.4, -0.2) is 40.6 Å². The molecule has 0 aromatic carbocycles. The van der Waals surface area contributed by atoms with E-state index in [9.17, 15) is 4.79 Å². The molecule has 0 atom stereocenters. The zero-order valence-corrected chi connectivity index (χ0v) is 11.0. The van der Waals surface area contributed by atoms with Crippen molar-refractivity contribution in [2.75, 3.05) is 13.6 Å². The molecule has 18 heavy (non-hydrogen) atoms. The smallest absolute Gasteiger partial charge is 0.240 e. The van der Waals surface area contributed by atoms with Gasteiger partial charge in [0, 0.05) is 12.5 Å². The predicted octanol–water partition coefficient (Wildman–Crippen LogP) is 0.732. The topological polar surface area (TPSA) is 71.3 Å². The Morgan fingerprint density at radius 1 is 1.56 bits per heavy atom. The van der Waals surface area contributed by atoms with Crippen LogP contribution in [0.2, 0.25) is 0 Å². The van der Waals surface area contributed by atoms with Gasteiger partial charge in [0.2, 0.25) is 11.8 Å². The summed E-state index contributed by atoms with van der Waals surface area (Å²) in [5, 5.41) is 6.83. The first-order valence-electron chi connectivity index (χ1n) is 6.46. The summed E-state index contributed by atoms with van der Waals surface area (Å²) in [6.45, 7) is 2.95. The number of hydrogen-bond acceptors (Lipinski definition) is 5. The van der Waals surface area contributed by atoms with Crippen molar-refractivity contribution in [2.45, 2.75) is 45.2 Å². The number of nitrogens with one attached hydrogen (secondary N) is 1. The fourth-order valence-corrected chi connectivity index (χ4v) is 1.71. The molecule has 1 aromatic rings. The van der Waals surface area contributed by atoms with Crippen molar-refractivity contribution in [3.8, 4) is 0 Å². The Bertz CT molecular complexity index is 401. The molecule has 6 heteroatoms. The van der Waals surface area contributed by atoms with Gasteiger partial charge in [-0.05, 0) is 26.3 Å². The first kappa shape index (κ1) is 13.0. The zero-order chi connectivity index (χ0) is 13.0. The van der Waals surface area contributed by atoms with Gasteiger partial charge < -0.3 is 9.84 Å². The van der Waals surface area contributed by atoms with Crippen LogP contribution in [0, 0.1) is 0 Å². The Balaban J connectivity index is 1.74. The number of aryl methyl sites for hydroxylation is 1. The van der Waals surface area contributed by atoms with Crippen LogP contribution in [0.3, 0.4) is 0 Å². The van der Waals surface area contributed by atoms with Crippen LogP contribution in [0.4, 0.5) is 0 Å². The van der Waals surface area contributed by atoms with E-state index in [-0.39, 0.29) is 5.91 Å². The summed E-state index contributed by atoms with van der Waals surface area (Å²) in [6.07, 6.45) is 4.05. The maximum absolute atomic E-state index is 11.6. The Labute approximate surface area is 107 Å². The highest BCUT2D eigenvalue weighted by Crippen LogP contribution is 2.18. The van der Waals surface area contributed by atoms with Crippen LogP contribution in [0.25, 0.3) is 0 Å². The van der Waals surface area contributed by atoms with Crippen molar-refractivity contribution in [2.24, 2.45) is 0 Å². The van der Waals surface area contributed by atoms with Gasteiger partial charge in [-0.25, -0.2) is 0 Å². The molecule has 1 aromatic heterocycles. The van der Waals surface area contributed by atoms with Crippen LogP contribution >= 0.6 is 0 Å². The first-order valence-corrected chi connectivity index (χ1v) is 6.46. The number of likely N-dealkylation sites (N-methyl/N-ethyl adjacent to an activating group) is 1. The Morgan fingerprint density at radius 2 is 2.33 bits per heavy atom. The number of carbonyl (C=O) groups excluding carboxylic acids is 1. The summed E-state index contributed by atoms with van der Waals surface area (Å²) < 4.78 is 5.13. The maximum atomic E-state index is 11.6. The highest BCUT2D eigenvalue weighted by Gasteiger charge is 2.23. The molecule has 1 saturated carbocycles. The summed E-state index contributed by atoms with van der Waals surface area (Å²) in [4.78, 5) is 17.7.